The van der Waals surface area contributed by atoms with Gasteiger partial charge in [0, 0.05) is 6.20 Å². The molecule has 0 fully saturated rings. The first kappa shape index (κ1) is 10.8. The maximum absolute atomic E-state index is 12.2. The van der Waals surface area contributed by atoms with Crippen LogP contribution in [0.5, 0.6) is 0 Å². The third kappa shape index (κ3) is 1.20. The maximum Gasteiger partial charge on any atom is 0.346 e. The Balaban J connectivity index is 2.54. The molecule has 0 saturated heterocycles. The third-order valence-corrected chi connectivity index (χ3v) is 3.01. The molecule has 2 aromatic rings. The minimum atomic E-state index is -0.900. The van der Waals surface area contributed by atoms with Crippen molar-refractivity contribution in [1.82, 2.24) is 9.38 Å². The average molecular weight is 245 g/mol. The van der Waals surface area contributed by atoms with Gasteiger partial charge in [0.15, 0.2) is 11.2 Å². The van der Waals surface area contributed by atoms with E-state index in [1.807, 2.05) is 0 Å². The van der Waals surface area contributed by atoms with Gasteiger partial charge in [-0.25, -0.2) is 9.78 Å². The van der Waals surface area contributed by atoms with Crippen LogP contribution in [0.15, 0.2) is 23.1 Å². The highest BCUT2D eigenvalue weighted by Gasteiger charge is 2.42. The molecule has 92 valence electrons. The molecule has 0 amide bonds. The molecule has 2 aromatic heterocycles. The fourth-order valence-corrected chi connectivity index (χ4v) is 2.13. The predicted molar refractivity (Wildman–Crippen MR) is 64.3 cm³/mol. The number of carbonyl (C=O) groups is 1. The second-order valence-corrected chi connectivity index (χ2v) is 4.70. The van der Waals surface area contributed by atoms with E-state index in [2.05, 4.69) is 4.98 Å². The van der Waals surface area contributed by atoms with Crippen molar-refractivity contribution in [3.05, 3.63) is 39.9 Å². The quantitative estimate of drug-likeness (QED) is 0.690. The van der Waals surface area contributed by atoms with Crippen LogP contribution in [0, 0.1) is 0 Å². The standard InChI is InChI=1S/C12H11N3O3/c1-12(2)8-7(11(17)18-12)10(16)15-5-3-4-6(13)9(15)14-8/h3-5H,13H2,1-2H3. The number of esters is 1. The molecule has 1 aliphatic heterocycles. The average Bonchev–Trinajstić information content (AvgIpc) is 2.51. The molecule has 0 spiro atoms. The number of ether oxygens (including phenoxy) is 1. The minimum Gasteiger partial charge on any atom is -0.449 e. The Hall–Kier alpha value is -2.37. The van der Waals surface area contributed by atoms with Gasteiger partial charge in [0.25, 0.3) is 5.56 Å². The lowest BCUT2D eigenvalue weighted by Gasteiger charge is -2.16. The van der Waals surface area contributed by atoms with Gasteiger partial charge < -0.3 is 10.5 Å². The molecular weight excluding hydrogens is 234 g/mol. The van der Waals surface area contributed by atoms with E-state index in [1.54, 1.807) is 26.0 Å². The smallest absolute Gasteiger partial charge is 0.346 e. The summed E-state index contributed by atoms with van der Waals surface area (Å²) in [6.07, 6.45) is 1.53. The van der Waals surface area contributed by atoms with Gasteiger partial charge in [-0.15, -0.1) is 0 Å². The molecule has 0 aromatic carbocycles. The maximum atomic E-state index is 12.2. The molecule has 2 N–H and O–H groups in total. The minimum absolute atomic E-state index is 0.0110. The van der Waals surface area contributed by atoms with Gasteiger partial charge in [0.1, 0.15) is 11.3 Å². The van der Waals surface area contributed by atoms with Gasteiger partial charge in [-0.1, -0.05) is 0 Å². The van der Waals surface area contributed by atoms with Gasteiger partial charge in [0.05, 0.1) is 5.69 Å². The van der Waals surface area contributed by atoms with Gasteiger partial charge in [-0.3, -0.25) is 9.20 Å². The van der Waals surface area contributed by atoms with Crippen LogP contribution >= 0.6 is 0 Å². The summed E-state index contributed by atoms with van der Waals surface area (Å²) in [4.78, 5) is 28.3. The monoisotopic (exact) mass is 245 g/mol. The summed E-state index contributed by atoms with van der Waals surface area (Å²) in [6, 6.07) is 3.28. The van der Waals surface area contributed by atoms with Crippen LogP contribution in [0.1, 0.15) is 29.9 Å². The molecule has 6 heteroatoms. The molecule has 0 saturated carbocycles. The van der Waals surface area contributed by atoms with E-state index in [0.29, 0.717) is 17.0 Å². The number of aromatic nitrogens is 2. The molecule has 3 heterocycles. The Labute approximate surface area is 102 Å². The van der Waals surface area contributed by atoms with E-state index < -0.39 is 17.1 Å². The van der Waals surface area contributed by atoms with E-state index >= 15 is 0 Å². The van der Waals surface area contributed by atoms with Crippen LogP contribution in [0.25, 0.3) is 5.65 Å². The van der Waals surface area contributed by atoms with E-state index in [9.17, 15) is 9.59 Å². The zero-order chi connectivity index (χ0) is 13.1. The Morgan fingerprint density at radius 1 is 1.39 bits per heavy atom. The molecular formula is C12H11N3O3. The van der Waals surface area contributed by atoms with E-state index in [0.717, 1.165) is 0 Å². The van der Waals surface area contributed by atoms with Crippen molar-refractivity contribution in [2.45, 2.75) is 19.4 Å². The lowest BCUT2D eigenvalue weighted by Crippen LogP contribution is -2.24. The third-order valence-electron chi connectivity index (χ3n) is 3.01. The Kier molecular flexibility index (Phi) is 1.85. The van der Waals surface area contributed by atoms with Crippen LogP contribution < -0.4 is 11.3 Å². The van der Waals surface area contributed by atoms with Crippen LogP contribution in [-0.4, -0.2) is 15.4 Å². The van der Waals surface area contributed by atoms with Crippen molar-refractivity contribution < 1.29 is 9.53 Å². The second-order valence-electron chi connectivity index (χ2n) is 4.70. The Morgan fingerprint density at radius 3 is 2.83 bits per heavy atom. The van der Waals surface area contributed by atoms with Gasteiger partial charge >= 0.3 is 5.97 Å². The summed E-state index contributed by atoms with van der Waals surface area (Å²) in [5, 5.41) is 0. The van der Waals surface area contributed by atoms with Crippen LogP contribution in [-0.2, 0) is 10.3 Å². The van der Waals surface area contributed by atoms with E-state index in [-0.39, 0.29) is 5.56 Å². The van der Waals surface area contributed by atoms with Gasteiger partial charge in [-0.05, 0) is 26.0 Å². The lowest BCUT2D eigenvalue weighted by molar-refractivity contribution is 0.00834. The van der Waals surface area contributed by atoms with Crippen LogP contribution in [0.2, 0.25) is 0 Å². The van der Waals surface area contributed by atoms with Gasteiger partial charge in [-0.2, -0.15) is 0 Å². The highest BCUT2D eigenvalue weighted by atomic mass is 16.6. The SMILES string of the molecule is CC1(C)OC(=O)c2c1nc1c(N)cccn1c2=O. The zero-order valence-corrected chi connectivity index (χ0v) is 9.93. The summed E-state index contributed by atoms with van der Waals surface area (Å²) >= 11 is 0. The highest BCUT2D eigenvalue weighted by Crippen LogP contribution is 2.33. The summed E-state index contributed by atoms with van der Waals surface area (Å²) in [6.45, 7) is 3.39. The number of anilines is 1. The largest absolute Gasteiger partial charge is 0.449 e. The number of nitrogen functional groups attached to an aromatic ring is 1. The molecule has 0 radical (unpaired) electrons. The first-order valence-corrected chi connectivity index (χ1v) is 5.46. The summed E-state index contributed by atoms with van der Waals surface area (Å²) in [7, 11) is 0. The molecule has 0 unspecified atom stereocenters. The van der Waals surface area contributed by atoms with E-state index in [1.165, 1.54) is 10.6 Å². The first-order valence-electron chi connectivity index (χ1n) is 5.46. The van der Waals surface area contributed by atoms with Gasteiger partial charge in [0.2, 0.25) is 0 Å². The number of cyclic esters (lactones) is 1. The first-order chi connectivity index (χ1) is 8.42. The molecule has 0 aliphatic carbocycles. The van der Waals surface area contributed by atoms with Crippen molar-refractivity contribution in [1.29, 1.82) is 0 Å². The van der Waals surface area contributed by atoms with Crippen molar-refractivity contribution in [2.75, 3.05) is 5.73 Å². The number of nitrogens with zero attached hydrogens (tertiary/aromatic N) is 2. The topological polar surface area (TPSA) is 86.7 Å². The number of carbonyl (C=O) groups excluding carboxylic acids is 1. The Morgan fingerprint density at radius 2 is 2.11 bits per heavy atom. The Bertz CT molecular complexity index is 746. The summed E-state index contributed by atoms with van der Waals surface area (Å²) in [5.41, 5.74) is 5.50. The number of pyridine rings is 1. The summed E-state index contributed by atoms with van der Waals surface area (Å²) < 4.78 is 6.42. The van der Waals surface area contributed by atoms with E-state index in [4.69, 9.17) is 10.5 Å². The predicted octanol–water partition coefficient (Wildman–Crippen LogP) is 0.682. The number of hydrogen-bond donors (Lipinski definition) is 1. The normalized spacial score (nSPS) is 16.7. The number of hydrogen-bond acceptors (Lipinski definition) is 5. The molecule has 0 atom stereocenters. The molecule has 0 bridgehead atoms. The molecule has 6 nitrogen and oxygen atoms in total. The lowest BCUT2D eigenvalue weighted by atomic mass is 10.0. The van der Waals surface area contributed by atoms with Crippen LogP contribution in [0.3, 0.4) is 0 Å². The summed E-state index contributed by atoms with van der Waals surface area (Å²) in [5.74, 6) is -0.635. The second kappa shape index (κ2) is 3.10. The molecule has 3 rings (SSSR count). The fraction of sp³-hybridized carbons (Fsp3) is 0.250. The number of rotatable bonds is 0. The van der Waals surface area contributed by atoms with Crippen molar-refractivity contribution in [3.63, 3.8) is 0 Å². The number of nitrogens with two attached hydrogens (primary N) is 1. The number of fused-ring (bicyclic) bond motifs is 2. The fourth-order valence-electron chi connectivity index (χ4n) is 2.13. The molecule has 18 heavy (non-hydrogen) atoms. The zero-order valence-electron chi connectivity index (χ0n) is 9.93. The molecule has 1 aliphatic rings. The van der Waals surface area contributed by atoms with Crippen LogP contribution in [0.4, 0.5) is 5.69 Å². The highest BCUT2D eigenvalue weighted by molar-refractivity contribution is 5.94. The van der Waals surface area contributed by atoms with Crippen molar-refractivity contribution >= 4 is 17.3 Å². The van der Waals surface area contributed by atoms with Crippen molar-refractivity contribution in [2.24, 2.45) is 0 Å². The van der Waals surface area contributed by atoms with Crippen molar-refractivity contribution in [3.8, 4) is 0 Å².